The van der Waals surface area contributed by atoms with Crippen molar-refractivity contribution in [3.63, 3.8) is 0 Å². The number of pyridine rings is 1. The van der Waals surface area contributed by atoms with E-state index in [1.807, 2.05) is 47.5 Å². The summed E-state index contributed by atoms with van der Waals surface area (Å²) in [7, 11) is 0. The van der Waals surface area contributed by atoms with Crippen molar-refractivity contribution in [3.8, 4) is 16.9 Å². The Balaban J connectivity index is 1.31. The highest BCUT2D eigenvalue weighted by Crippen LogP contribution is 2.23. The molecule has 31 heavy (non-hydrogen) atoms. The van der Waals surface area contributed by atoms with Gasteiger partial charge in [-0.2, -0.15) is 0 Å². The summed E-state index contributed by atoms with van der Waals surface area (Å²) in [5, 5.41) is 8.56. The number of ether oxygens (including phenoxy) is 1. The second-order valence-electron chi connectivity index (χ2n) is 7.59. The highest BCUT2D eigenvalue weighted by Gasteiger charge is 2.05. The van der Waals surface area contributed by atoms with E-state index in [9.17, 15) is 0 Å². The van der Waals surface area contributed by atoms with Gasteiger partial charge in [-0.1, -0.05) is 35.0 Å². The first-order valence-corrected chi connectivity index (χ1v) is 10.8. The molecule has 4 rings (SSSR count). The summed E-state index contributed by atoms with van der Waals surface area (Å²) in [6, 6.07) is 16.2. The van der Waals surface area contributed by atoms with Gasteiger partial charge in [0.25, 0.3) is 0 Å². The van der Waals surface area contributed by atoms with E-state index in [0.29, 0.717) is 6.61 Å². The Morgan fingerprint density at radius 3 is 2.61 bits per heavy atom. The Hall–Kier alpha value is -3.18. The molecule has 0 N–H and O–H groups in total. The first kappa shape index (κ1) is 21.1. The quantitative estimate of drug-likeness (QED) is 0.309. The third-order valence-electron chi connectivity index (χ3n) is 5.25. The molecule has 2 heterocycles. The maximum atomic E-state index is 6.03. The van der Waals surface area contributed by atoms with E-state index in [2.05, 4.69) is 46.5 Å². The second kappa shape index (κ2) is 10.2. The molecule has 0 radical (unpaired) electrons. The van der Waals surface area contributed by atoms with Crippen LogP contribution in [0, 0.1) is 6.92 Å². The van der Waals surface area contributed by atoms with Crippen molar-refractivity contribution >= 4 is 11.6 Å². The van der Waals surface area contributed by atoms with Gasteiger partial charge in [-0.3, -0.25) is 9.67 Å². The average molecular weight is 433 g/mol. The molecule has 2 aromatic carbocycles. The predicted molar refractivity (Wildman–Crippen MR) is 123 cm³/mol. The van der Waals surface area contributed by atoms with E-state index in [-0.39, 0.29) is 0 Å². The summed E-state index contributed by atoms with van der Waals surface area (Å²) in [4.78, 5) is 4.36. The van der Waals surface area contributed by atoms with Crippen LogP contribution in [-0.2, 0) is 19.6 Å². The molecular formula is C25H25ClN4O. The summed E-state index contributed by atoms with van der Waals surface area (Å²) in [5.74, 6) is 0.876. The molecule has 0 aliphatic carbocycles. The zero-order valence-corrected chi connectivity index (χ0v) is 18.3. The highest BCUT2D eigenvalue weighted by atomic mass is 35.5. The van der Waals surface area contributed by atoms with Crippen LogP contribution >= 0.6 is 11.6 Å². The van der Waals surface area contributed by atoms with Gasteiger partial charge in [0.1, 0.15) is 12.4 Å². The monoisotopic (exact) mass is 432 g/mol. The van der Waals surface area contributed by atoms with Gasteiger partial charge in [-0.25, -0.2) is 0 Å². The Bertz CT molecular complexity index is 1110. The van der Waals surface area contributed by atoms with Gasteiger partial charge < -0.3 is 4.74 Å². The van der Waals surface area contributed by atoms with E-state index in [1.54, 1.807) is 6.20 Å². The van der Waals surface area contributed by atoms with Gasteiger partial charge in [0, 0.05) is 41.3 Å². The summed E-state index contributed by atoms with van der Waals surface area (Å²) in [5.41, 5.74) is 5.78. The van der Waals surface area contributed by atoms with Crippen LogP contribution in [0.2, 0.25) is 5.02 Å². The van der Waals surface area contributed by atoms with Crippen LogP contribution in [-0.4, -0.2) is 20.0 Å². The summed E-state index contributed by atoms with van der Waals surface area (Å²) < 4.78 is 7.91. The van der Waals surface area contributed by atoms with Gasteiger partial charge in [-0.15, -0.1) is 5.10 Å². The number of hydrogen-bond donors (Lipinski definition) is 0. The number of unbranched alkanes of at least 4 members (excludes halogenated alkanes) is 1. The van der Waals surface area contributed by atoms with Crippen LogP contribution in [0.4, 0.5) is 0 Å². The molecule has 0 bridgehead atoms. The lowest BCUT2D eigenvalue weighted by molar-refractivity contribution is 0.305. The van der Waals surface area contributed by atoms with Gasteiger partial charge in [0.15, 0.2) is 0 Å². The van der Waals surface area contributed by atoms with Crippen LogP contribution in [0.5, 0.6) is 5.75 Å². The molecule has 0 fully saturated rings. The van der Waals surface area contributed by atoms with E-state index < -0.39 is 0 Å². The van der Waals surface area contributed by atoms with Crippen LogP contribution in [0.1, 0.15) is 29.5 Å². The lowest BCUT2D eigenvalue weighted by atomic mass is 10.0. The van der Waals surface area contributed by atoms with Crippen molar-refractivity contribution in [3.05, 3.63) is 95.0 Å². The second-order valence-corrected chi connectivity index (χ2v) is 8.03. The number of hydrogen-bond acceptors (Lipinski definition) is 4. The lowest BCUT2D eigenvalue weighted by Crippen LogP contribution is -2.00. The van der Waals surface area contributed by atoms with Crippen molar-refractivity contribution in [2.45, 2.75) is 39.3 Å². The average Bonchev–Trinajstić information content (AvgIpc) is 3.31. The lowest BCUT2D eigenvalue weighted by Gasteiger charge is -2.11. The zero-order valence-electron chi connectivity index (χ0n) is 17.5. The molecule has 0 saturated carbocycles. The van der Waals surface area contributed by atoms with Gasteiger partial charge in [-0.05, 0) is 73.2 Å². The molecule has 0 unspecified atom stereocenters. The number of aryl methyl sites for hydroxylation is 3. The molecule has 4 aromatic rings. The van der Waals surface area contributed by atoms with Crippen LogP contribution < -0.4 is 4.74 Å². The van der Waals surface area contributed by atoms with Crippen LogP contribution in [0.25, 0.3) is 11.1 Å². The van der Waals surface area contributed by atoms with Gasteiger partial charge in [0.2, 0.25) is 0 Å². The van der Waals surface area contributed by atoms with Crippen LogP contribution in [0.3, 0.4) is 0 Å². The molecule has 158 valence electrons. The van der Waals surface area contributed by atoms with E-state index in [1.165, 1.54) is 11.1 Å². The highest BCUT2D eigenvalue weighted by molar-refractivity contribution is 6.30. The first-order valence-electron chi connectivity index (χ1n) is 10.4. The SMILES string of the molecule is Cc1cc(OCc2cncc(-c3ccc(Cl)cc3)c2)ccc1CCCCn1ccnn1. The maximum Gasteiger partial charge on any atom is 0.120 e. The first-order chi connectivity index (χ1) is 15.2. The number of nitrogens with zero attached hydrogens (tertiary/aromatic N) is 4. The maximum absolute atomic E-state index is 6.03. The number of benzene rings is 2. The number of halogens is 1. The molecule has 5 nitrogen and oxygen atoms in total. The fraction of sp³-hybridized carbons (Fsp3) is 0.240. The van der Waals surface area contributed by atoms with E-state index in [0.717, 1.165) is 53.3 Å². The number of rotatable bonds is 9. The smallest absolute Gasteiger partial charge is 0.120 e. The van der Waals surface area contributed by atoms with Crippen molar-refractivity contribution in [2.24, 2.45) is 0 Å². The van der Waals surface area contributed by atoms with Crippen molar-refractivity contribution in [2.75, 3.05) is 0 Å². The minimum Gasteiger partial charge on any atom is -0.489 e. The molecule has 6 heteroatoms. The molecular weight excluding hydrogens is 408 g/mol. The normalized spacial score (nSPS) is 10.9. The van der Waals surface area contributed by atoms with Gasteiger partial charge in [0.05, 0.1) is 6.20 Å². The topological polar surface area (TPSA) is 52.8 Å². The Labute approximate surface area is 187 Å². The minimum absolute atomic E-state index is 0.477. The predicted octanol–water partition coefficient (Wildman–Crippen LogP) is 5.90. The van der Waals surface area contributed by atoms with Crippen molar-refractivity contribution < 1.29 is 4.74 Å². The Kier molecular flexibility index (Phi) is 6.95. The van der Waals surface area contributed by atoms with Gasteiger partial charge >= 0.3 is 0 Å². The largest absolute Gasteiger partial charge is 0.489 e. The summed E-state index contributed by atoms with van der Waals surface area (Å²) >= 11 is 5.99. The minimum atomic E-state index is 0.477. The zero-order chi connectivity index (χ0) is 21.5. The molecule has 0 aliphatic heterocycles. The third kappa shape index (κ3) is 5.92. The Morgan fingerprint density at radius 2 is 1.84 bits per heavy atom. The molecule has 0 amide bonds. The molecule has 0 aliphatic rings. The van der Waals surface area contributed by atoms with E-state index >= 15 is 0 Å². The molecule has 2 aromatic heterocycles. The fourth-order valence-corrected chi connectivity index (χ4v) is 3.64. The van der Waals surface area contributed by atoms with E-state index in [4.69, 9.17) is 16.3 Å². The summed E-state index contributed by atoms with van der Waals surface area (Å²) in [6.07, 6.45) is 10.6. The third-order valence-corrected chi connectivity index (χ3v) is 5.50. The number of aromatic nitrogens is 4. The van der Waals surface area contributed by atoms with Crippen LogP contribution in [0.15, 0.2) is 73.3 Å². The molecule has 0 saturated heterocycles. The van der Waals surface area contributed by atoms with Crippen molar-refractivity contribution in [1.82, 2.24) is 20.0 Å². The van der Waals surface area contributed by atoms with Crippen molar-refractivity contribution in [1.29, 1.82) is 0 Å². The standard InChI is InChI=1S/C25H25ClN4O/c1-19-14-25(10-7-21(19)4-2-3-12-30-13-11-28-29-30)31-18-20-15-23(17-27-16-20)22-5-8-24(26)9-6-22/h5-11,13-17H,2-4,12,18H2,1H3. The molecule has 0 spiro atoms. The Morgan fingerprint density at radius 1 is 0.968 bits per heavy atom. The molecule has 0 atom stereocenters. The summed E-state index contributed by atoms with van der Waals surface area (Å²) in [6.45, 7) is 3.52. The fourth-order valence-electron chi connectivity index (χ4n) is 3.51.